The highest BCUT2D eigenvalue weighted by Gasteiger charge is 2.49. The standard InChI is InChI=1S/C23H31N3O4/c1-16(2)15-30-19-12-10-17(11-13-19)23(3)21(28)26(22(29)24-23)14-20(27)25(4)18-8-6-5-7-9-18/h10-13,18H,1,5-9,14-15H2,2-4H3,(H,24,29). The average molecular weight is 414 g/mol. The Morgan fingerprint density at radius 1 is 1.23 bits per heavy atom. The number of nitrogens with zero attached hydrogens (tertiary/aromatic N) is 2. The van der Waals surface area contributed by atoms with E-state index in [1.165, 1.54) is 6.42 Å². The van der Waals surface area contributed by atoms with Crippen LogP contribution in [0, 0.1) is 0 Å². The Balaban J connectivity index is 1.68. The Morgan fingerprint density at radius 3 is 2.47 bits per heavy atom. The van der Waals surface area contributed by atoms with E-state index in [0.717, 1.165) is 36.2 Å². The van der Waals surface area contributed by atoms with E-state index in [4.69, 9.17) is 4.74 Å². The molecule has 1 aliphatic carbocycles. The highest BCUT2D eigenvalue weighted by atomic mass is 16.5. The lowest BCUT2D eigenvalue weighted by Gasteiger charge is -2.32. The molecule has 1 unspecified atom stereocenters. The molecule has 1 aromatic carbocycles. The largest absolute Gasteiger partial charge is 0.489 e. The Labute approximate surface area is 178 Å². The molecule has 2 aliphatic rings. The van der Waals surface area contributed by atoms with Gasteiger partial charge in [-0.1, -0.05) is 38.0 Å². The number of urea groups is 1. The first kappa shape index (κ1) is 21.9. The Kier molecular flexibility index (Phi) is 6.48. The topological polar surface area (TPSA) is 79.0 Å². The van der Waals surface area contributed by atoms with E-state index in [9.17, 15) is 14.4 Å². The van der Waals surface area contributed by atoms with Crippen LogP contribution < -0.4 is 10.1 Å². The number of imide groups is 1. The first-order valence-corrected chi connectivity index (χ1v) is 10.5. The first-order chi connectivity index (χ1) is 14.2. The van der Waals surface area contributed by atoms with Crippen LogP contribution in [0.2, 0.25) is 0 Å². The molecule has 0 aromatic heterocycles. The lowest BCUT2D eigenvalue weighted by molar-refractivity contribution is -0.139. The fourth-order valence-corrected chi connectivity index (χ4v) is 4.05. The molecule has 1 saturated carbocycles. The van der Waals surface area contributed by atoms with Crippen molar-refractivity contribution in [1.82, 2.24) is 15.1 Å². The Hall–Kier alpha value is -2.83. The highest BCUT2D eigenvalue weighted by molar-refractivity contribution is 6.09. The van der Waals surface area contributed by atoms with E-state index in [0.29, 0.717) is 17.9 Å². The molecule has 1 saturated heterocycles. The third-order valence-electron chi connectivity index (χ3n) is 6.00. The summed E-state index contributed by atoms with van der Waals surface area (Å²) >= 11 is 0. The third kappa shape index (κ3) is 4.50. The smallest absolute Gasteiger partial charge is 0.325 e. The summed E-state index contributed by atoms with van der Waals surface area (Å²) in [5, 5.41) is 2.75. The zero-order valence-corrected chi connectivity index (χ0v) is 18.1. The molecule has 7 heteroatoms. The van der Waals surface area contributed by atoms with Crippen LogP contribution in [0.1, 0.15) is 51.5 Å². The predicted molar refractivity (Wildman–Crippen MR) is 114 cm³/mol. The second-order valence-corrected chi connectivity index (χ2v) is 8.51. The van der Waals surface area contributed by atoms with Gasteiger partial charge < -0.3 is 15.0 Å². The van der Waals surface area contributed by atoms with Crippen LogP contribution in [0.25, 0.3) is 0 Å². The number of carbonyl (C=O) groups excluding carboxylic acids is 3. The van der Waals surface area contributed by atoms with Gasteiger partial charge in [-0.3, -0.25) is 14.5 Å². The van der Waals surface area contributed by atoms with Crippen molar-refractivity contribution in [2.45, 2.75) is 57.5 Å². The van der Waals surface area contributed by atoms with Crippen molar-refractivity contribution in [3.05, 3.63) is 42.0 Å². The van der Waals surface area contributed by atoms with Crippen molar-refractivity contribution in [2.75, 3.05) is 20.2 Å². The molecule has 30 heavy (non-hydrogen) atoms. The number of hydrogen-bond donors (Lipinski definition) is 1. The SMILES string of the molecule is C=C(C)COc1ccc(C2(C)NC(=O)N(CC(=O)N(C)C3CCCCC3)C2=O)cc1. The van der Waals surface area contributed by atoms with E-state index in [-0.39, 0.29) is 18.5 Å². The van der Waals surface area contributed by atoms with Crippen molar-refractivity contribution < 1.29 is 19.1 Å². The van der Waals surface area contributed by atoms with Gasteiger partial charge in [-0.05, 0) is 50.0 Å². The first-order valence-electron chi connectivity index (χ1n) is 10.5. The fraction of sp³-hybridized carbons (Fsp3) is 0.522. The maximum Gasteiger partial charge on any atom is 0.325 e. The van der Waals surface area contributed by atoms with Crippen LogP contribution >= 0.6 is 0 Å². The molecular weight excluding hydrogens is 382 g/mol. The van der Waals surface area contributed by atoms with E-state index in [1.807, 2.05) is 6.92 Å². The van der Waals surface area contributed by atoms with Gasteiger partial charge in [-0.2, -0.15) is 0 Å². The number of benzene rings is 1. The van der Waals surface area contributed by atoms with Crippen LogP contribution in [0.4, 0.5) is 4.79 Å². The minimum atomic E-state index is -1.21. The molecule has 0 radical (unpaired) electrons. The van der Waals surface area contributed by atoms with Crippen LogP contribution in [-0.4, -0.2) is 53.9 Å². The molecule has 162 valence electrons. The van der Waals surface area contributed by atoms with Gasteiger partial charge in [-0.15, -0.1) is 0 Å². The summed E-state index contributed by atoms with van der Waals surface area (Å²) in [6.45, 7) is 7.51. The highest BCUT2D eigenvalue weighted by Crippen LogP contribution is 2.30. The second kappa shape index (κ2) is 8.90. The molecule has 0 spiro atoms. The number of ether oxygens (including phenoxy) is 1. The van der Waals surface area contributed by atoms with E-state index in [1.54, 1.807) is 43.1 Å². The maximum absolute atomic E-state index is 13.1. The third-order valence-corrected chi connectivity index (χ3v) is 6.00. The van der Waals surface area contributed by atoms with Crippen LogP contribution in [0.15, 0.2) is 36.4 Å². The zero-order chi connectivity index (χ0) is 21.9. The van der Waals surface area contributed by atoms with E-state index >= 15 is 0 Å². The number of rotatable bonds is 7. The van der Waals surface area contributed by atoms with Gasteiger partial charge in [0.1, 0.15) is 24.4 Å². The summed E-state index contributed by atoms with van der Waals surface area (Å²) in [4.78, 5) is 41.1. The molecule has 4 amide bonds. The molecule has 0 bridgehead atoms. The molecule has 1 aliphatic heterocycles. The van der Waals surface area contributed by atoms with Gasteiger partial charge >= 0.3 is 6.03 Å². The molecule has 1 atom stereocenters. The number of nitrogens with one attached hydrogen (secondary N) is 1. The van der Waals surface area contributed by atoms with Crippen molar-refractivity contribution >= 4 is 17.8 Å². The summed E-state index contributed by atoms with van der Waals surface area (Å²) in [6.07, 6.45) is 5.35. The second-order valence-electron chi connectivity index (χ2n) is 8.51. The van der Waals surface area contributed by atoms with Gasteiger partial charge in [-0.25, -0.2) is 4.79 Å². The Bertz CT molecular complexity index is 829. The van der Waals surface area contributed by atoms with Gasteiger partial charge in [0, 0.05) is 13.1 Å². The monoisotopic (exact) mass is 413 g/mol. The maximum atomic E-state index is 13.1. The molecular formula is C23H31N3O4. The summed E-state index contributed by atoms with van der Waals surface area (Å²) in [7, 11) is 1.76. The molecule has 1 heterocycles. The van der Waals surface area contributed by atoms with Gasteiger partial charge in [0.25, 0.3) is 5.91 Å². The molecule has 1 aromatic rings. The number of amides is 4. The lowest BCUT2D eigenvalue weighted by atomic mass is 9.92. The fourth-order valence-electron chi connectivity index (χ4n) is 4.05. The molecule has 1 N–H and O–H groups in total. The van der Waals surface area contributed by atoms with Crippen molar-refractivity contribution in [2.24, 2.45) is 0 Å². The molecule has 2 fully saturated rings. The number of likely N-dealkylation sites (N-methyl/N-ethyl adjacent to an activating group) is 1. The van der Waals surface area contributed by atoms with Gasteiger partial charge in [0.05, 0.1) is 0 Å². The van der Waals surface area contributed by atoms with Crippen LogP contribution in [-0.2, 0) is 15.1 Å². The van der Waals surface area contributed by atoms with Crippen molar-refractivity contribution in [3.63, 3.8) is 0 Å². The summed E-state index contributed by atoms with van der Waals surface area (Å²) in [5.74, 6) is 0.0231. The average Bonchev–Trinajstić information content (AvgIpc) is 2.96. The number of hydrogen-bond acceptors (Lipinski definition) is 4. The summed E-state index contributed by atoms with van der Waals surface area (Å²) in [5.41, 5.74) is 0.329. The lowest BCUT2D eigenvalue weighted by Crippen LogP contribution is -2.46. The van der Waals surface area contributed by atoms with Gasteiger partial charge in [0.15, 0.2) is 0 Å². The molecule has 7 nitrogen and oxygen atoms in total. The quantitative estimate of drug-likeness (QED) is 0.550. The minimum Gasteiger partial charge on any atom is -0.489 e. The summed E-state index contributed by atoms with van der Waals surface area (Å²) < 4.78 is 5.59. The van der Waals surface area contributed by atoms with Gasteiger partial charge in [0.2, 0.25) is 5.91 Å². The predicted octanol–water partition coefficient (Wildman–Crippen LogP) is 3.20. The zero-order valence-electron chi connectivity index (χ0n) is 18.1. The van der Waals surface area contributed by atoms with Crippen molar-refractivity contribution in [3.8, 4) is 5.75 Å². The normalized spacial score (nSPS) is 22.0. The van der Waals surface area contributed by atoms with E-state index < -0.39 is 17.5 Å². The number of carbonyl (C=O) groups is 3. The summed E-state index contributed by atoms with van der Waals surface area (Å²) in [6, 6.07) is 6.67. The Morgan fingerprint density at radius 2 is 1.87 bits per heavy atom. The van der Waals surface area contributed by atoms with E-state index in [2.05, 4.69) is 11.9 Å². The van der Waals surface area contributed by atoms with Crippen molar-refractivity contribution in [1.29, 1.82) is 0 Å². The minimum absolute atomic E-state index is 0.185. The van der Waals surface area contributed by atoms with Crippen LogP contribution in [0.3, 0.4) is 0 Å². The van der Waals surface area contributed by atoms with Crippen LogP contribution in [0.5, 0.6) is 5.75 Å². The molecule has 3 rings (SSSR count).